The van der Waals surface area contributed by atoms with Crippen molar-refractivity contribution in [3.63, 3.8) is 0 Å². The topological polar surface area (TPSA) is 95.3 Å². The Bertz CT molecular complexity index is 1300. The number of rotatable bonds is 2. The first-order valence-corrected chi connectivity index (χ1v) is 10.5. The van der Waals surface area contributed by atoms with Gasteiger partial charge in [0.15, 0.2) is 6.17 Å². The molecule has 0 spiro atoms. The van der Waals surface area contributed by atoms with E-state index < -0.39 is 47.5 Å². The number of hydrogen-bond donors (Lipinski definition) is 3. The summed E-state index contributed by atoms with van der Waals surface area (Å²) in [6.45, 7) is 1.59. The van der Waals surface area contributed by atoms with Crippen LogP contribution < -0.4 is 21.8 Å². The van der Waals surface area contributed by atoms with E-state index in [-0.39, 0.29) is 28.6 Å². The van der Waals surface area contributed by atoms with E-state index >= 15 is 4.39 Å². The fraction of sp³-hybridized carbons (Fsp3) is 0.500. The summed E-state index contributed by atoms with van der Waals surface area (Å²) in [5.74, 6) is -5.07. The van der Waals surface area contributed by atoms with Crippen molar-refractivity contribution < 1.29 is 23.4 Å². The molecular weight excluding hydrogens is 421 g/mol. The number of alkyl halides is 3. The van der Waals surface area contributed by atoms with Crippen LogP contribution in [0.5, 0.6) is 0 Å². The second-order valence-corrected chi connectivity index (χ2v) is 9.39. The molecule has 3 N–H and O–H groups in total. The quantitative estimate of drug-likeness (QED) is 0.660. The highest BCUT2D eigenvalue weighted by Gasteiger charge is 2.45. The van der Waals surface area contributed by atoms with Crippen molar-refractivity contribution in [1.82, 2.24) is 9.55 Å². The molecule has 3 aliphatic carbocycles. The molecule has 160 valence electrons. The molecule has 2 aromatic heterocycles. The number of hydrogen-bond acceptors (Lipinski definition) is 5. The molecule has 2 heterocycles. The van der Waals surface area contributed by atoms with Gasteiger partial charge in [0.25, 0.3) is 11.5 Å². The van der Waals surface area contributed by atoms with Gasteiger partial charge < -0.3 is 10.2 Å². The Morgan fingerprint density at radius 3 is 2.67 bits per heavy atom. The predicted molar refractivity (Wildman–Crippen MR) is 104 cm³/mol. The fourth-order valence-corrected chi connectivity index (χ4v) is 5.95. The summed E-state index contributed by atoms with van der Waals surface area (Å²) in [4.78, 5) is 27.9. The van der Waals surface area contributed by atoms with E-state index in [4.69, 9.17) is 0 Å². The molecule has 0 amide bonds. The van der Waals surface area contributed by atoms with Crippen LogP contribution in [0.3, 0.4) is 0 Å². The van der Waals surface area contributed by atoms with Gasteiger partial charge in [-0.15, -0.1) is 11.3 Å². The van der Waals surface area contributed by atoms with Crippen LogP contribution in [0.2, 0.25) is 0 Å². The molecule has 3 aliphatic rings. The third kappa shape index (κ3) is 2.66. The Hall–Kier alpha value is -2.33. The van der Waals surface area contributed by atoms with E-state index in [2.05, 4.69) is 4.98 Å². The number of aromatic amines is 1. The SMILES string of the molecule is CC1=c2c(c(=O)[nH]c(=O)n2C2CC2)=C(O)C(F)C1c1cc2c(s1)CCC(F)(F)C2O. The van der Waals surface area contributed by atoms with Crippen molar-refractivity contribution in [2.24, 2.45) is 0 Å². The van der Waals surface area contributed by atoms with Crippen LogP contribution in [0.1, 0.15) is 59.6 Å². The highest BCUT2D eigenvalue weighted by Crippen LogP contribution is 2.48. The molecule has 1 fully saturated rings. The van der Waals surface area contributed by atoms with Gasteiger partial charge >= 0.3 is 5.69 Å². The van der Waals surface area contributed by atoms with Gasteiger partial charge in [0.05, 0.1) is 11.3 Å². The lowest BCUT2D eigenvalue weighted by atomic mass is 9.86. The summed E-state index contributed by atoms with van der Waals surface area (Å²) in [7, 11) is 0. The Morgan fingerprint density at radius 2 is 2.00 bits per heavy atom. The third-order valence-electron chi connectivity index (χ3n) is 6.25. The maximum absolute atomic E-state index is 15.3. The van der Waals surface area contributed by atoms with Crippen molar-refractivity contribution in [3.05, 3.63) is 52.8 Å². The summed E-state index contributed by atoms with van der Waals surface area (Å²) in [6, 6.07) is 1.23. The van der Waals surface area contributed by atoms with Crippen LogP contribution in [0.4, 0.5) is 13.2 Å². The number of nitrogens with one attached hydrogen (secondary N) is 1. The standard InChI is InChI=1S/C20H19F3N2O4S/c1-7-12(11-6-9-10(30-11)4-5-20(22,23)17(9)27)14(21)16(26)13-15(7)25(8-2-3-8)19(29)24-18(13)28/h6,8,12,14,17,26-27H,2-5H2,1H3,(H,24,28,29). The van der Waals surface area contributed by atoms with Crippen LogP contribution in [0.15, 0.2) is 15.7 Å². The smallest absolute Gasteiger partial charge is 0.329 e. The second-order valence-electron chi connectivity index (χ2n) is 8.22. The molecule has 0 aliphatic heterocycles. The Morgan fingerprint density at radius 1 is 1.30 bits per heavy atom. The number of halogens is 3. The van der Waals surface area contributed by atoms with Crippen molar-refractivity contribution in [1.29, 1.82) is 0 Å². The van der Waals surface area contributed by atoms with E-state index in [9.17, 15) is 28.6 Å². The van der Waals surface area contributed by atoms with Crippen molar-refractivity contribution in [2.45, 2.75) is 62.8 Å². The minimum absolute atomic E-state index is 0.0610. The first-order valence-electron chi connectivity index (χ1n) is 9.73. The minimum Gasteiger partial charge on any atom is -0.508 e. The Labute approximate surface area is 171 Å². The number of H-pyrrole nitrogens is 1. The summed E-state index contributed by atoms with van der Waals surface area (Å²) in [6.07, 6.45) is -2.92. The summed E-state index contributed by atoms with van der Waals surface area (Å²) in [5.41, 5.74) is -1.03. The molecule has 10 heteroatoms. The fourth-order valence-electron chi connectivity index (χ4n) is 4.56. The van der Waals surface area contributed by atoms with Gasteiger partial charge in [-0.3, -0.25) is 14.3 Å². The molecular formula is C20H19F3N2O4S. The monoisotopic (exact) mass is 440 g/mol. The molecule has 6 nitrogen and oxygen atoms in total. The molecule has 1 saturated carbocycles. The lowest BCUT2D eigenvalue weighted by Gasteiger charge is -2.27. The highest BCUT2D eigenvalue weighted by molar-refractivity contribution is 7.12. The third-order valence-corrected chi connectivity index (χ3v) is 7.55. The van der Waals surface area contributed by atoms with E-state index in [1.165, 1.54) is 10.6 Å². The number of aliphatic hydroxyl groups is 2. The van der Waals surface area contributed by atoms with E-state index in [1.807, 2.05) is 0 Å². The first-order chi connectivity index (χ1) is 14.1. The number of nitrogens with zero attached hydrogens (tertiary/aromatic N) is 1. The molecule has 0 saturated heterocycles. The average Bonchev–Trinajstić information content (AvgIpc) is 3.41. The maximum Gasteiger partial charge on any atom is 0.329 e. The maximum atomic E-state index is 15.3. The van der Waals surface area contributed by atoms with Crippen molar-refractivity contribution >= 4 is 22.7 Å². The molecule has 2 aromatic rings. The molecule has 0 bridgehead atoms. The van der Waals surface area contributed by atoms with Crippen molar-refractivity contribution in [3.8, 4) is 0 Å². The Balaban J connectivity index is 1.76. The molecule has 5 rings (SSSR count). The number of aliphatic hydroxyl groups excluding tert-OH is 2. The van der Waals surface area contributed by atoms with Gasteiger partial charge in [-0.2, -0.15) is 0 Å². The second kappa shape index (κ2) is 6.34. The van der Waals surface area contributed by atoms with Crippen molar-refractivity contribution in [2.75, 3.05) is 0 Å². The molecule has 3 atom stereocenters. The molecule has 0 aromatic carbocycles. The lowest BCUT2D eigenvalue weighted by molar-refractivity contribution is -0.121. The average molecular weight is 440 g/mol. The zero-order valence-corrected chi connectivity index (χ0v) is 16.7. The van der Waals surface area contributed by atoms with Crippen LogP contribution in [0.25, 0.3) is 11.3 Å². The number of aryl methyl sites for hydroxylation is 1. The van der Waals surface area contributed by atoms with Crippen LogP contribution in [-0.2, 0) is 6.42 Å². The number of aromatic nitrogens is 2. The van der Waals surface area contributed by atoms with Gasteiger partial charge in [-0.05, 0) is 37.8 Å². The molecule has 30 heavy (non-hydrogen) atoms. The normalized spacial score (nSPS) is 27.7. The zero-order chi connectivity index (χ0) is 21.5. The van der Waals surface area contributed by atoms with Crippen LogP contribution in [-0.4, -0.2) is 31.9 Å². The van der Waals surface area contributed by atoms with Gasteiger partial charge in [-0.1, -0.05) is 0 Å². The van der Waals surface area contributed by atoms with Gasteiger partial charge in [0.1, 0.15) is 17.1 Å². The Kier molecular flexibility index (Phi) is 4.14. The largest absolute Gasteiger partial charge is 0.508 e. The first kappa shape index (κ1) is 19.6. The highest BCUT2D eigenvalue weighted by atomic mass is 32.1. The van der Waals surface area contributed by atoms with E-state index in [0.717, 1.165) is 24.2 Å². The summed E-state index contributed by atoms with van der Waals surface area (Å²) < 4.78 is 44.6. The lowest BCUT2D eigenvalue weighted by Crippen LogP contribution is -2.58. The summed E-state index contributed by atoms with van der Waals surface area (Å²) in [5, 5.41) is 20.5. The zero-order valence-electron chi connectivity index (χ0n) is 15.9. The van der Waals surface area contributed by atoms with Gasteiger partial charge in [0.2, 0.25) is 0 Å². The number of fused-ring (bicyclic) bond motifs is 2. The van der Waals surface area contributed by atoms with Crippen LogP contribution in [0, 0.1) is 0 Å². The van der Waals surface area contributed by atoms with E-state index in [0.29, 0.717) is 15.3 Å². The summed E-state index contributed by atoms with van der Waals surface area (Å²) >= 11 is 1.12. The molecule has 0 radical (unpaired) electrons. The minimum atomic E-state index is -3.26. The van der Waals surface area contributed by atoms with E-state index in [1.54, 1.807) is 6.92 Å². The van der Waals surface area contributed by atoms with Gasteiger partial charge in [-0.25, -0.2) is 18.0 Å². The predicted octanol–water partition coefficient (Wildman–Crippen LogP) is 1.52. The number of thiophene rings is 1. The molecule has 3 unspecified atom stereocenters. The van der Waals surface area contributed by atoms with Crippen LogP contribution >= 0.6 is 11.3 Å². The van der Waals surface area contributed by atoms with Gasteiger partial charge in [0, 0.05) is 27.8 Å².